The minimum absolute atomic E-state index is 0.00408. The molecule has 2 unspecified atom stereocenters. The van der Waals surface area contributed by atoms with Crippen LogP contribution >= 0.6 is 0 Å². The lowest BCUT2D eigenvalue weighted by Gasteiger charge is -2.36. The Kier molecular flexibility index (Phi) is 3.74. The molecule has 1 aliphatic carbocycles. The first kappa shape index (κ1) is 14.6. The van der Waals surface area contributed by atoms with Gasteiger partial charge in [0, 0.05) is 17.5 Å². The summed E-state index contributed by atoms with van der Waals surface area (Å²) in [5, 5.41) is 23.9. The SMILES string of the molecule is Oc1ccc2c(c1O)CC(c1ccccc1)CC2[C@H]1CCCN1. The summed E-state index contributed by atoms with van der Waals surface area (Å²) in [6, 6.07) is 14.7. The fourth-order valence-electron chi connectivity index (χ4n) is 4.38. The third-order valence-electron chi connectivity index (χ3n) is 5.54. The third kappa shape index (κ3) is 2.59. The van der Waals surface area contributed by atoms with E-state index in [9.17, 15) is 10.2 Å². The first-order valence-corrected chi connectivity index (χ1v) is 8.56. The van der Waals surface area contributed by atoms with Gasteiger partial charge in [-0.2, -0.15) is 0 Å². The van der Waals surface area contributed by atoms with Gasteiger partial charge in [0.2, 0.25) is 0 Å². The summed E-state index contributed by atoms with van der Waals surface area (Å²) in [5.74, 6) is 0.864. The third-order valence-corrected chi connectivity index (χ3v) is 5.54. The lowest BCUT2D eigenvalue weighted by molar-refractivity contribution is 0.371. The summed E-state index contributed by atoms with van der Waals surface area (Å²) >= 11 is 0. The fourth-order valence-corrected chi connectivity index (χ4v) is 4.38. The van der Waals surface area contributed by atoms with Crippen LogP contribution in [0.3, 0.4) is 0 Å². The molecule has 0 radical (unpaired) electrons. The Morgan fingerprint density at radius 3 is 2.57 bits per heavy atom. The van der Waals surface area contributed by atoms with E-state index in [-0.39, 0.29) is 11.5 Å². The van der Waals surface area contributed by atoms with Gasteiger partial charge in [-0.15, -0.1) is 0 Å². The van der Waals surface area contributed by atoms with Crippen molar-refractivity contribution in [2.24, 2.45) is 0 Å². The second-order valence-electron chi connectivity index (χ2n) is 6.86. The van der Waals surface area contributed by atoms with E-state index >= 15 is 0 Å². The summed E-state index contributed by atoms with van der Waals surface area (Å²) in [7, 11) is 0. The van der Waals surface area contributed by atoms with E-state index in [2.05, 4.69) is 29.6 Å². The van der Waals surface area contributed by atoms with E-state index in [4.69, 9.17) is 0 Å². The quantitative estimate of drug-likeness (QED) is 0.742. The Morgan fingerprint density at radius 2 is 1.83 bits per heavy atom. The van der Waals surface area contributed by atoms with E-state index in [0.29, 0.717) is 17.9 Å². The van der Waals surface area contributed by atoms with Gasteiger partial charge in [0.15, 0.2) is 11.5 Å². The number of phenolic OH excluding ortho intramolecular Hbond substituents is 2. The molecule has 3 nitrogen and oxygen atoms in total. The van der Waals surface area contributed by atoms with Crippen LogP contribution in [0.15, 0.2) is 42.5 Å². The van der Waals surface area contributed by atoms with E-state index in [1.165, 1.54) is 24.0 Å². The predicted octanol–water partition coefficient (Wildman–Crippen LogP) is 3.66. The van der Waals surface area contributed by atoms with Crippen molar-refractivity contribution >= 4 is 0 Å². The molecule has 2 aliphatic rings. The van der Waals surface area contributed by atoms with Gasteiger partial charge in [-0.3, -0.25) is 0 Å². The molecule has 4 rings (SSSR count). The van der Waals surface area contributed by atoms with Crippen LogP contribution in [0, 0.1) is 0 Å². The summed E-state index contributed by atoms with van der Waals surface area (Å²) in [4.78, 5) is 0. The van der Waals surface area contributed by atoms with Gasteiger partial charge in [-0.25, -0.2) is 0 Å². The monoisotopic (exact) mass is 309 g/mol. The van der Waals surface area contributed by atoms with Gasteiger partial charge in [0.1, 0.15) is 0 Å². The molecule has 3 N–H and O–H groups in total. The largest absolute Gasteiger partial charge is 0.504 e. The highest BCUT2D eigenvalue weighted by Crippen LogP contribution is 2.47. The van der Waals surface area contributed by atoms with Crippen molar-refractivity contribution in [2.75, 3.05) is 6.54 Å². The summed E-state index contributed by atoms with van der Waals surface area (Å²) in [6.07, 6.45) is 4.30. The number of nitrogens with one attached hydrogen (secondary N) is 1. The fraction of sp³-hybridized carbons (Fsp3) is 0.400. The van der Waals surface area contributed by atoms with Crippen LogP contribution in [0.1, 0.15) is 47.8 Å². The van der Waals surface area contributed by atoms with Crippen LogP contribution in [0.25, 0.3) is 0 Å². The van der Waals surface area contributed by atoms with Crippen molar-refractivity contribution in [3.63, 3.8) is 0 Å². The van der Waals surface area contributed by atoms with Crippen molar-refractivity contribution in [3.8, 4) is 11.5 Å². The van der Waals surface area contributed by atoms with Crippen molar-refractivity contribution in [3.05, 3.63) is 59.2 Å². The zero-order chi connectivity index (χ0) is 15.8. The number of fused-ring (bicyclic) bond motifs is 1. The minimum Gasteiger partial charge on any atom is -0.504 e. The summed E-state index contributed by atoms with van der Waals surface area (Å²) < 4.78 is 0. The van der Waals surface area contributed by atoms with Crippen LogP contribution in [0.4, 0.5) is 0 Å². The van der Waals surface area contributed by atoms with Crippen LogP contribution in [0.5, 0.6) is 11.5 Å². The molecule has 1 saturated heterocycles. The van der Waals surface area contributed by atoms with Gasteiger partial charge in [0.25, 0.3) is 0 Å². The van der Waals surface area contributed by atoms with Gasteiger partial charge in [-0.05, 0) is 55.3 Å². The number of hydrogen-bond acceptors (Lipinski definition) is 3. The second-order valence-corrected chi connectivity index (χ2v) is 6.86. The molecule has 0 amide bonds. The molecular formula is C20H23NO2. The van der Waals surface area contributed by atoms with Gasteiger partial charge in [-0.1, -0.05) is 36.4 Å². The van der Waals surface area contributed by atoms with E-state index in [1.54, 1.807) is 6.07 Å². The van der Waals surface area contributed by atoms with Gasteiger partial charge in [0.05, 0.1) is 0 Å². The highest BCUT2D eigenvalue weighted by atomic mass is 16.3. The van der Waals surface area contributed by atoms with Gasteiger partial charge >= 0.3 is 0 Å². The number of benzene rings is 2. The van der Waals surface area contributed by atoms with Gasteiger partial charge < -0.3 is 15.5 Å². The molecule has 2 aromatic carbocycles. The molecule has 3 heteroatoms. The van der Waals surface area contributed by atoms with Crippen LogP contribution in [0.2, 0.25) is 0 Å². The van der Waals surface area contributed by atoms with Crippen LogP contribution < -0.4 is 5.32 Å². The maximum Gasteiger partial charge on any atom is 0.160 e. The first-order valence-electron chi connectivity index (χ1n) is 8.56. The molecule has 1 aliphatic heterocycles. The molecule has 120 valence electrons. The molecule has 3 atom stereocenters. The lowest BCUT2D eigenvalue weighted by atomic mass is 9.71. The maximum absolute atomic E-state index is 10.4. The first-order chi connectivity index (χ1) is 11.2. The average molecular weight is 309 g/mol. The number of phenols is 2. The Morgan fingerprint density at radius 1 is 1.00 bits per heavy atom. The maximum atomic E-state index is 10.4. The molecule has 0 spiro atoms. The minimum atomic E-state index is -0.00408. The Bertz CT molecular complexity index is 692. The van der Waals surface area contributed by atoms with Crippen LogP contribution in [-0.2, 0) is 6.42 Å². The predicted molar refractivity (Wildman–Crippen MR) is 91.0 cm³/mol. The van der Waals surface area contributed by atoms with E-state index < -0.39 is 0 Å². The molecule has 0 aromatic heterocycles. The standard InChI is InChI=1S/C20H23NO2/c22-19-9-8-15-16(18-7-4-10-21-18)11-14(12-17(15)20(19)23)13-5-2-1-3-6-13/h1-3,5-6,8-9,14,16,18,21-23H,4,7,10-12H2/t14?,16?,18-/m1/s1. The lowest BCUT2D eigenvalue weighted by Crippen LogP contribution is -2.33. The average Bonchev–Trinajstić information content (AvgIpc) is 3.13. The number of hydrogen-bond donors (Lipinski definition) is 3. The highest BCUT2D eigenvalue weighted by molar-refractivity contribution is 5.53. The zero-order valence-electron chi connectivity index (χ0n) is 13.2. The Hall–Kier alpha value is -2.00. The summed E-state index contributed by atoms with van der Waals surface area (Å²) in [5.41, 5.74) is 3.47. The highest BCUT2D eigenvalue weighted by Gasteiger charge is 2.35. The number of aromatic hydroxyl groups is 2. The molecule has 2 aromatic rings. The summed E-state index contributed by atoms with van der Waals surface area (Å²) in [6.45, 7) is 1.08. The molecule has 0 bridgehead atoms. The molecule has 0 saturated carbocycles. The molecule has 1 fully saturated rings. The smallest absolute Gasteiger partial charge is 0.160 e. The van der Waals surface area contributed by atoms with Crippen molar-refractivity contribution in [1.82, 2.24) is 5.32 Å². The molecule has 1 heterocycles. The Labute approximate surface area is 137 Å². The van der Waals surface area contributed by atoms with Crippen molar-refractivity contribution in [2.45, 2.75) is 43.6 Å². The van der Waals surface area contributed by atoms with Crippen LogP contribution in [-0.4, -0.2) is 22.8 Å². The normalized spacial score (nSPS) is 26.9. The second kappa shape index (κ2) is 5.89. The molecule has 23 heavy (non-hydrogen) atoms. The van der Waals surface area contributed by atoms with Crippen molar-refractivity contribution < 1.29 is 10.2 Å². The topological polar surface area (TPSA) is 52.5 Å². The number of rotatable bonds is 2. The Balaban J connectivity index is 1.76. The van der Waals surface area contributed by atoms with E-state index in [0.717, 1.165) is 24.9 Å². The zero-order valence-corrected chi connectivity index (χ0v) is 13.2. The van der Waals surface area contributed by atoms with E-state index in [1.807, 2.05) is 12.1 Å². The molecular weight excluding hydrogens is 286 g/mol. The van der Waals surface area contributed by atoms with Crippen molar-refractivity contribution in [1.29, 1.82) is 0 Å².